The molecule has 1 aromatic carbocycles. The molecule has 0 atom stereocenters. The molecule has 3 heterocycles. The maximum atomic E-state index is 4.59. The van der Waals surface area contributed by atoms with Gasteiger partial charge in [-0.25, -0.2) is 9.97 Å². The molecular weight excluding hydrogens is 431 g/mol. The molecule has 0 aliphatic carbocycles. The van der Waals surface area contributed by atoms with Gasteiger partial charge in [0.15, 0.2) is 0 Å². The Kier molecular flexibility index (Phi) is 12.5. The third-order valence-electron chi connectivity index (χ3n) is 3.13. The Morgan fingerprint density at radius 2 is 1.89 bits per heavy atom. The molecule has 141 valence electrons. The van der Waals surface area contributed by atoms with Crippen LogP contribution in [0.1, 0.15) is 19.4 Å². The van der Waals surface area contributed by atoms with Gasteiger partial charge in [0.25, 0.3) is 0 Å². The van der Waals surface area contributed by atoms with Gasteiger partial charge in [0.2, 0.25) is 0 Å². The van der Waals surface area contributed by atoms with Crippen LogP contribution in [0, 0.1) is 14.4 Å². The van der Waals surface area contributed by atoms with Gasteiger partial charge in [0.05, 0.1) is 10.2 Å². The van der Waals surface area contributed by atoms with Gasteiger partial charge in [-0.1, -0.05) is 19.9 Å². The first-order chi connectivity index (χ1) is 12.3. The van der Waals surface area contributed by atoms with Gasteiger partial charge in [0, 0.05) is 52.2 Å². The van der Waals surface area contributed by atoms with Crippen molar-refractivity contribution >= 4 is 27.4 Å². The largest absolute Gasteiger partial charge is 0.372 e. The number of fused-ring (bicyclic) bond motifs is 1. The first-order valence-corrected chi connectivity index (χ1v) is 8.95. The van der Waals surface area contributed by atoms with Crippen molar-refractivity contribution in [2.24, 2.45) is 0 Å². The van der Waals surface area contributed by atoms with E-state index in [0.29, 0.717) is 0 Å². The molecule has 4 rings (SSSR count). The quantitative estimate of drug-likeness (QED) is 0.393. The molecule has 7 heteroatoms. The van der Waals surface area contributed by atoms with Gasteiger partial charge in [-0.15, -0.1) is 17.4 Å². The maximum absolute atomic E-state index is 4.59. The van der Waals surface area contributed by atoms with Crippen molar-refractivity contribution in [3.05, 3.63) is 74.1 Å². The summed E-state index contributed by atoms with van der Waals surface area (Å²) in [6.45, 7) is 7.93. The van der Waals surface area contributed by atoms with Crippen molar-refractivity contribution in [3.8, 4) is 11.4 Å². The Balaban J connectivity index is 0.000000647. The third-order valence-corrected chi connectivity index (χ3v) is 4.04. The summed E-state index contributed by atoms with van der Waals surface area (Å²) >= 11 is 1.65. The SMILES string of the molecule is CC.[CH2-]c1cccc(-c2nc(NC)c3sccc3n2)c1.[CH3-].[Y].c1cn[nH]c1. The number of benzene rings is 1. The van der Waals surface area contributed by atoms with Crippen LogP contribution in [0.25, 0.3) is 21.6 Å². The number of hydrogen-bond donors (Lipinski definition) is 2. The molecule has 1 radical (unpaired) electrons. The maximum Gasteiger partial charge on any atom is 0.150 e. The van der Waals surface area contributed by atoms with Crippen LogP contribution in [0.3, 0.4) is 0 Å². The van der Waals surface area contributed by atoms with E-state index in [1.165, 1.54) is 0 Å². The molecule has 4 aromatic rings. The van der Waals surface area contributed by atoms with Crippen LogP contribution in [-0.4, -0.2) is 27.2 Å². The van der Waals surface area contributed by atoms with E-state index in [1.807, 2.05) is 62.7 Å². The molecular formula is C20H25N5SY-2. The Morgan fingerprint density at radius 1 is 1.11 bits per heavy atom. The molecule has 0 amide bonds. The van der Waals surface area contributed by atoms with Crippen molar-refractivity contribution in [1.82, 2.24) is 20.2 Å². The second kappa shape index (κ2) is 13.4. The van der Waals surface area contributed by atoms with E-state index >= 15 is 0 Å². The van der Waals surface area contributed by atoms with Crippen molar-refractivity contribution in [2.45, 2.75) is 13.8 Å². The van der Waals surface area contributed by atoms with E-state index in [1.54, 1.807) is 23.7 Å². The number of rotatable bonds is 2. The Hall–Kier alpha value is -1.76. The molecule has 2 N–H and O–H groups in total. The van der Waals surface area contributed by atoms with Crippen molar-refractivity contribution in [2.75, 3.05) is 12.4 Å². The van der Waals surface area contributed by atoms with E-state index < -0.39 is 0 Å². The minimum absolute atomic E-state index is 0. The molecule has 5 nitrogen and oxygen atoms in total. The summed E-state index contributed by atoms with van der Waals surface area (Å²) < 4.78 is 1.09. The van der Waals surface area contributed by atoms with Crippen LogP contribution >= 0.6 is 11.3 Å². The fourth-order valence-corrected chi connectivity index (χ4v) is 2.91. The Labute approximate surface area is 190 Å². The normalized spacial score (nSPS) is 8.85. The first kappa shape index (κ1) is 25.2. The summed E-state index contributed by atoms with van der Waals surface area (Å²) in [6.07, 6.45) is 3.46. The molecule has 0 aliphatic heterocycles. The smallest absolute Gasteiger partial charge is 0.150 e. The Morgan fingerprint density at radius 3 is 2.44 bits per heavy atom. The van der Waals surface area contributed by atoms with Crippen molar-refractivity contribution < 1.29 is 32.7 Å². The zero-order valence-electron chi connectivity index (χ0n) is 16.2. The Bertz CT molecular complexity index is 873. The molecule has 0 unspecified atom stereocenters. The first-order valence-electron chi connectivity index (χ1n) is 8.07. The van der Waals surface area contributed by atoms with Crippen molar-refractivity contribution in [3.63, 3.8) is 0 Å². The van der Waals surface area contributed by atoms with E-state index in [0.717, 1.165) is 33.0 Å². The molecule has 0 bridgehead atoms. The monoisotopic (exact) mass is 456 g/mol. The van der Waals surface area contributed by atoms with Gasteiger partial charge in [-0.05, 0) is 23.1 Å². The number of hydrogen-bond acceptors (Lipinski definition) is 5. The molecule has 0 fully saturated rings. The molecule has 27 heavy (non-hydrogen) atoms. The minimum atomic E-state index is 0. The van der Waals surface area contributed by atoms with Crippen LogP contribution in [0.4, 0.5) is 5.82 Å². The average Bonchev–Trinajstić information content (AvgIpc) is 3.37. The number of nitrogens with zero attached hydrogens (tertiary/aromatic N) is 3. The molecule has 3 aromatic heterocycles. The minimum Gasteiger partial charge on any atom is -0.372 e. The zero-order valence-corrected chi connectivity index (χ0v) is 19.9. The van der Waals surface area contributed by atoms with Gasteiger partial charge >= 0.3 is 0 Å². The summed E-state index contributed by atoms with van der Waals surface area (Å²) in [5.41, 5.74) is 2.93. The summed E-state index contributed by atoms with van der Waals surface area (Å²) in [4.78, 5) is 9.15. The predicted octanol–water partition coefficient (Wildman–Crippen LogP) is 5.47. The molecule has 0 spiro atoms. The fourth-order valence-electron chi connectivity index (χ4n) is 2.09. The number of aromatic nitrogens is 4. The van der Waals surface area contributed by atoms with Gasteiger partial charge < -0.3 is 12.7 Å². The van der Waals surface area contributed by atoms with Gasteiger partial charge in [-0.3, -0.25) is 5.10 Å². The van der Waals surface area contributed by atoms with Crippen LogP contribution < -0.4 is 5.32 Å². The average molecular weight is 456 g/mol. The third kappa shape index (κ3) is 7.05. The fraction of sp³-hybridized carbons (Fsp3) is 0.150. The molecule has 0 saturated heterocycles. The van der Waals surface area contributed by atoms with Crippen LogP contribution in [-0.2, 0) is 32.7 Å². The molecule has 0 saturated carbocycles. The van der Waals surface area contributed by atoms with Crippen LogP contribution in [0.5, 0.6) is 0 Å². The number of nitrogens with one attached hydrogen (secondary N) is 2. The number of H-pyrrole nitrogens is 1. The topological polar surface area (TPSA) is 66.5 Å². The number of aromatic amines is 1. The predicted molar refractivity (Wildman–Crippen MR) is 113 cm³/mol. The van der Waals surface area contributed by atoms with E-state index in [4.69, 9.17) is 0 Å². The second-order valence-electron chi connectivity index (χ2n) is 4.75. The van der Waals surface area contributed by atoms with Gasteiger partial charge in [0.1, 0.15) is 11.6 Å². The number of thiophene rings is 1. The number of anilines is 1. The summed E-state index contributed by atoms with van der Waals surface area (Å²) in [5, 5.41) is 11.4. The van der Waals surface area contributed by atoms with Crippen LogP contribution in [0.15, 0.2) is 54.2 Å². The van der Waals surface area contributed by atoms with E-state index in [2.05, 4.69) is 32.4 Å². The second-order valence-corrected chi connectivity index (χ2v) is 5.66. The summed E-state index contributed by atoms with van der Waals surface area (Å²) in [6, 6.07) is 11.8. The van der Waals surface area contributed by atoms with E-state index in [9.17, 15) is 0 Å². The van der Waals surface area contributed by atoms with Crippen LogP contribution in [0.2, 0.25) is 0 Å². The summed E-state index contributed by atoms with van der Waals surface area (Å²) in [7, 11) is 1.88. The van der Waals surface area contributed by atoms with Gasteiger partial charge in [-0.2, -0.15) is 29.7 Å². The van der Waals surface area contributed by atoms with E-state index in [-0.39, 0.29) is 40.1 Å². The zero-order chi connectivity index (χ0) is 18.1. The summed E-state index contributed by atoms with van der Waals surface area (Å²) in [5.74, 6) is 1.61. The molecule has 0 aliphatic rings. The van der Waals surface area contributed by atoms with Crippen molar-refractivity contribution in [1.29, 1.82) is 0 Å². The standard InChI is InChI=1S/C14H12N3S.C3H4N2.C2H6.CH3.Y/c1-9-4-3-5-10(8-9)13-16-11-6-7-18-12(11)14(15-2)17-13;1-2-4-5-3-1;1-2;;/h3-8H,1H2,2H3,(H,15,16,17);1-3H,(H,4,5);1-2H3;1H3;/q-1;;;-1;.